The highest BCUT2D eigenvalue weighted by Gasteiger charge is 2.24. The summed E-state index contributed by atoms with van der Waals surface area (Å²) >= 11 is 0. The molecule has 2 nitrogen and oxygen atoms in total. The summed E-state index contributed by atoms with van der Waals surface area (Å²) in [5.74, 6) is 0. The van der Waals surface area contributed by atoms with E-state index in [1.807, 2.05) is 6.07 Å². The van der Waals surface area contributed by atoms with Gasteiger partial charge in [0.1, 0.15) is 0 Å². The summed E-state index contributed by atoms with van der Waals surface area (Å²) in [4.78, 5) is 2.42. The first-order valence-electron chi connectivity index (χ1n) is 6.89. The maximum absolute atomic E-state index is 6.00. The van der Waals surface area contributed by atoms with Crippen LogP contribution in [0.4, 0.5) is 17.1 Å². The van der Waals surface area contributed by atoms with Crippen molar-refractivity contribution in [3.8, 4) is 0 Å². The van der Waals surface area contributed by atoms with E-state index < -0.39 is 0 Å². The predicted octanol–water partition coefficient (Wildman–Crippen LogP) is 4.05. The van der Waals surface area contributed by atoms with Crippen LogP contribution in [0.3, 0.4) is 0 Å². The minimum absolute atomic E-state index is 0.510. The van der Waals surface area contributed by atoms with Crippen molar-refractivity contribution in [2.24, 2.45) is 0 Å². The van der Waals surface area contributed by atoms with E-state index in [9.17, 15) is 0 Å². The fourth-order valence-corrected chi connectivity index (χ4v) is 3.01. The summed E-state index contributed by atoms with van der Waals surface area (Å²) in [5, 5.41) is 0. The summed E-state index contributed by atoms with van der Waals surface area (Å²) in [5.41, 5.74) is 12.0. The monoisotopic (exact) mass is 252 g/mol. The lowest BCUT2D eigenvalue weighted by atomic mass is 9.95. The van der Waals surface area contributed by atoms with Crippen molar-refractivity contribution >= 4 is 17.1 Å². The zero-order valence-electron chi connectivity index (χ0n) is 11.6. The minimum atomic E-state index is 0.510. The molecule has 0 radical (unpaired) electrons. The van der Waals surface area contributed by atoms with Crippen molar-refractivity contribution in [1.29, 1.82) is 0 Å². The Bertz CT molecular complexity index is 584. The Labute approximate surface area is 114 Å². The number of aryl methyl sites for hydroxylation is 2. The molecule has 19 heavy (non-hydrogen) atoms. The normalized spacial score (nSPS) is 18.2. The summed E-state index contributed by atoms with van der Waals surface area (Å²) in [7, 11) is 0. The van der Waals surface area contributed by atoms with Crippen molar-refractivity contribution in [1.82, 2.24) is 0 Å². The highest BCUT2D eigenvalue weighted by Crippen LogP contribution is 2.37. The SMILES string of the molecule is Cc1cc(N)cc(N2c3ccccc3CCC2C)c1. The number of para-hydroxylation sites is 1. The third-order valence-corrected chi connectivity index (χ3v) is 3.89. The molecule has 0 amide bonds. The van der Waals surface area contributed by atoms with Crippen LogP contribution in [0.2, 0.25) is 0 Å². The number of nitrogen functional groups attached to an aromatic ring is 1. The number of fused-ring (bicyclic) bond motifs is 1. The first-order valence-corrected chi connectivity index (χ1v) is 6.89. The molecule has 3 rings (SSSR count). The minimum Gasteiger partial charge on any atom is -0.399 e. The molecule has 1 heterocycles. The number of anilines is 3. The topological polar surface area (TPSA) is 29.3 Å². The fourth-order valence-electron chi connectivity index (χ4n) is 3.01. The van der Waals surface area contributed by atoms with Crippen molar-refractivity contribution in [2.45, 2.75) is 32.7 Å². The van der Waals surface area contributed by atoms with E-state index in [0.29, 0.717) is 6.04 Å². The van der Waals surface area contributed by atoms with Crippen LogP contribution >= 0.6 is 0 Å². The van der Waals surface area contributed by atoms with Gasteiger partial charge in [-0.1, -0.05) is 18.2 Å². The average Bonchev–Trinajstić information content (AvgIpc) is 2.37. The van der Waals surface area contributed by atoms with Crippen LogP contribution in [0, 0.1) is 6.92 Å². The van der Waals surface area contributed by atoms with Gasteiger partial charge in [0.2, 0.25) is 0 Å². The van der Waals surface area contributed by atoms with Crippen molar-refractivity contribution in [3.63, 3.8) is 0 Å². The summed E-state index contributed by atoms with van der Waals surface area (Å²) in [6.45, 7) is 4.38. The van der Waals surface area contributed by atoms with E-state index >= 15 is 0 Å². The third-order valence-electron chi connectivity index (χ3n) is 3.89. The Hall–Kier alpha value is -1.96. The van der Waals surface area contributed by atoms with Crippen LogP contribution in [0.25, 0.3) is 0 Å². The standard InChI is InChI=1S/C17H20N2/c1-12-9-15(18)11-16(10-12)19-13(2)7-8-14-5-3-4-6-17(14)19/h3-6,9-11,13H,7-8,18H2,1-2H3. The van der Waals surface area contributed by atoms with Gasteiger partial charge < -0.3 is 10.6 Å². The highest BCUT2D eigenvalue weighted by atomic mass is 15.2. The van der Waals surface area contributed by atoms with E-state index in [2.05, 4.69) is 55.1 Å². The molecule has 2 aromatic carbocycles. The molecule has 1 aliphatic heterocycles. The van der Waals surface area contributed by atoms with Gasteiger partial charge in [0, 0.05) is 23.1 Å². The van der Waals surface area contributed by atoms with Gasteiger partial charge in [0.05, 0.1) is 0 Å². The Morgan fingerprint density at radius 3 is 2.74 bits per heavy atom. The second-order valence-corrected chi connectivity index (χ2v) is 5.49. The molecule has 0 fully saturated rings. The van der Waals surface area contributed by atoms with Crippen LogP contribution in [-0.2, 0) is 6.42 Å². The number of hydrogen-bond donors (Lipinski definition) is 1. The van der Waals surface area contributed by atoms with E-state index in [0.717, 1.165) is 12.1 Å². The molecule has 1 unspecified atom stereocenters. The number of nitrogens with zero attached hydrogens (tertiary/aromatic N) is 1. The van der Waals surface area contributed by atoms with Gasteiger partial charge in [0.15, 0.2) is 0 Å². The van der Waals surface area contributed by atoms with Gasteiger partial charge in [-0.25, -0.2) is 0 Å². The second kappa shape index (κ2) is 4.61. The zero-order chi connectivity index (χ0) is 13.4. The Morgan fingerprint density at radius 2 is 1.95 bits per heavy atom. The van der Waals surface area contributed by atoms with Crippen LogP contribution in [-0.4, -0.2) is 6.04 Å². The number of nitrogens with two attached hydrogens (primary N) is 1. The number of rotatable bonds is 1. The van der Waals surface area contributed by atoms with E-state index in [1.165, 1.54) is 28.9 Å². The van der Waals surface area contributed by atoms with Gasteiger partial charge in [-0.05, 0) is 62.1 Å². The average molecular weight is 252 g/mol. The molecular formula is C17H20N2. The van der Waals surface area contributed by atoms with Gasteiger partial charge in [-0.2, -0.15) is 0 Å². The van der Waals surface area contributed by atoms with E-state index in [1.54, 1.807) is 0 Å². The van der Waals surface area contributed by atoms with Crippen LogP contribution in [0.5, 0.6) is 0 Å². The highest BCUT2D eigenvalue weighted by molar-refractivity contribution is 5.71. The van der Waals surface area contributed by atoms with E-state index in [-0.39, 0.29) is 0 Å². The molecule has 0 aromatic heterocycles. The maximum atomic E-state index is 6.00. The Morgan fingerprint density at radius 1 is 1.16 bits per heavy atom. The van der Waals surface area contributed by atoms with Crippen LogP contribution in [0.15, 0.2) is 42.5 Å². The molecule has 2 N–H and O–H groups in total. The van der Waals surface area contributed by atoms with Crippen LogP contribution < -0.4 is 10.6 Å². The first-order chi connectivity index (χ1) is 9.15. The lowest BCUT2D eigenvalue weighted by Gasteiger charge is -2.37. The second-order valence-electron chi connectivity index (χ2n) is 5.49. The Balaban J connectivity index is 2.13. The van der Waals surface area contributed by atoms with Gasteiger partial charge >= 0.3 is 0 Å². The summed E-state index contributed by atoms with van der Waals surface area (Å²) in [6, 6.07) is 15.5. The largest absolute Gasteiger partial charge is 0.399 e. The lowest BCUT2D eigenvalue weighted by molar-refractivity contribution is 0.618. The molecule has 0 spiro atoms. The number of hydrogen-bond acceptors (Lipinski definition) is 2. The maximum Gasteiger partial charge on any atom is 0.0445 e. The van der Waals surface area contributed by atoms with Gasteiger partial charge in [0.25, 0.3) is 0 Å². The quantitative estimate of drug-likeness (QED) is 0.776. The fraction of sp³-hybridized carbons (Fsp3) is 0.294. The molecule has 0 saturated carbocycles. The van der Waals surface area contributed by atoms with Crippen molar-refractivity contribution in [3.05, 3.63) is 53.6 Å². The van der Waals surface area contributed by atoms with Gasteiger partial charge in [-0.3, -0.25) is 0 Å². The summed E-state index contributed by atoms with van der Waals surface area (Å²) < 4.78 is 0. The molecule has 0 bridgehead atoms. The van der Waals surface area contributed by atoms with Crippen molar-refractivity contribution < 1.29 is 0 Å². The molecule has 0 saturated heterocycles. The number of benzene rings is 2. The molecule has 98 valence electrons. The summed E-state index contributed by atoms with van der Waals surface area (Å²) in [6.07, 6.45) is 2.35. The smallest absolute Gasteiger partial charge is 0.0445 e. The third kappa shape index (κ3) is 2.19. The zero-order valence-corrected chi connectivity index (χ0v) is 11.6. The van der Waals surface area contributed by atoms with Crippen LogP contribution in [0.1, 0.15) is 24.5 Å². The molecule has 1 aliphatic rings. The first kappa shape index (κ1) is 12.1. The molecular weight excluding hydrogens is 232 g/mol. The lowest BCUT2D eigenvalue weighted by Crippen LogP contribution is -2.33. The predicted molar refractivity (Wildman–Crippen MR) is 82.0 cm³/mol. The molecule has 1 atom stereocenters. The van der Waals surface area contributed by atoms with E-state index in [4.69, 9.17) is 5.73 Å². The Kier molecular flexibility index (Phi) is 2.94. The molecule has 2 aromatic rings. The molecule has 0 aliphatic carbocycles. The van der Waals surface area contributed by atoms with Crippen molar-refractivity contribution in [2.75, 3.05) is 10.6 Å². The van der Waals surface area contributed by atoms with Gasteiger partial charge in [-0.15, -0.1) is 0 Å². The molecule has 2 heteroatoms.